The smallest absolute Gasteiger partial charge is 0.326 e. The minimum absolute atomic E-state index is 0.0137. The molecule has 2 bridgehead atoms. The standard InChI is InChI=1S/C24H24N2O6S3/c1-3-32-14(28)8-26-22(29)17-10-7-11(18(17)23(26)30)19-16(10)15(20-21(34-19)25-24(33)35-20)9-4-5-12(27)13(6-9)31-2/h4-6,10-11,15-19,27H,3,7-8H2,1-2H3,(H,25,33). The van der Waals surface area contributed by atoms with Gasteiger partial charge in [-0.15, -0.1) is 23.1 Å². The van der Waals surface area contributed by atoms with Gasteiger partial charge in [0.05, 0.1) is 30.6 Å². The summed E-state index contributed by atoms with van der Waals surface area (Å²) in [5, 5.41) is 11.3. The van der Waals surface area contributed by atoms with Crippen molar-refractivity contribution in [3.05, 3.63) is 32.6 Å². The molecule has 2 N–H and O–H groups in total. The second-order valence-electron chi connectivity index (χ2n) is 9.46. The third kappa shape index (κ3) is 3.31. The number of methoxy groups -OCH3 is 1. The number of carbonyl (C=O) groups is 3. The Balaban J connectivity index is 1.41. The molecule has 1 aromatic carbocycles. The van der Waals surface area contributed by atoms with E-state index in [4.69, 9.17) is 21.7 Å². The van der Waals surface area contributed by atoms with E-state index in [1.807, 2.05) is 12.1 Å². The molecule has 2 amide bonds. The number of ether oxygens (including phenoxy) is 2. The van der Waals surface area contributed by atoms with Crippen LogP contribution in [0.15, 0.2) is 23.2 Å². The number of phenols is 1. The molecule has 3 fully saturated rings. The zero-order valence-corrected chi connectivity index (χ0v) is 21.5. The minimum Gasteiger partial charge on any atom is -0.504 e. The van der Waals surface area contributed by atoms with E-state index in [1.165, 1.54) is 18.4 Å². The first kappa shape index (κ1) is 23.1. The van der Waals surface area contributed by atoms with Crippen molar-refractivity contribution in [1.29, 1.82) is 0 Å². The van der Waals surface area contributed by atoms with Gasteiger partial charge in [-0.25, -0.2) is 0 Å². The molecule has 7 atom stereocenters. The molecule has 2 aliphatic carbocycles. The molecule has 0 radical (unpaired) electrons. The van der Waals surface area contributed by atoms with Crippen molar-refractivity contribution in [3.63, 3.8) is 0 Å². The number of phenolic OH excluding ortho intramolecular Hbond substituents is 1. The number of carbonyl (C=O) groups excluding carboxylic acids is 3. The van der Waals surface area contributed by atoms with E-state index >= 15 is 0 Å². The summed E-state index contributed by atoms with van der Waals surface area (Å²) in [6.07, 6.45) is 0.809. The molecular formula is C24H24N2O6S3. The first-order valence-corrected chi connectivity index (χ1v) is 13.7. The van der Waals surface area contributed by atoms with E-state index in [-0.39, 0.29) is 59.6 Å². The number of aromatic nitrogens is 1. The average molecular weight is 533 g/mol. The highest BCUT2D eigenvalue weighted by Crippen LogP contribution is 2.68. The van der Waals surface area contributed by atoms with E-state index in [0.717, 1.165) is 26.8 Å². The number of benzene rings is 1. The Morgan fingerprint density at radius 2 is 2.00 bits per heavy atom. The summed E-state index contributed by atoms with van der Waals surface area (Å²) in [7, 11) is 1.52. The maximum Gasteiger partial charge on any atom is 0.326 e. The lowest BCUT2D eigenvalue weighted by atomic mass is 9.68. The number of nitrogens with one attached hydrogen (secondary N) is 1. The van der Waals surface area contributed by atoms with Gasteiger partial charge in [-0.3, -0.25) is 19.3 Å². The highest BCUT2D eigenvalue weighted by Gasteiger charge is 2.69. The number of hydrogen-bond acceptors (Lipinski definition) is 9. The lowest BCUT2D eigenvalue weighted by molar-refractivity contribution is -0.153. The first-order valence-electron chi connectivity index (χ1n) is 11.6. The monoisotopic (exact) mass is 532 g/mol. The van der Waals surface area contributed by atoms with Gasteiger partial charge in [0.2, 0.25) is 11.8 Å². The number of likely N-dealkylation sites (tertiary alicyclic amines) is 1. The number of aromatic amines is 1. The molecule has 11 heteroatoms. The molecule has 7 unspecified atom stereocenters. The molecule has 1 saturated heterocycles. The number of H-pyrrole nitrogens is 1. The highest BCUT2D eigenvalue weighted by molar-refractivity contribution is 8.00. The van der Waals surface area contributed by atoms with Gasteiger partial charge < -0.3 is 19.6 Å². The maximum atomic E-state index is 13.5. The zero-order chi connectivity index (χ0) is 24.6. The van der Waals surface area contributed by atoms with Gasteiger partial charge in [0.25, 0.3) is 0 Å². The van der Waals surface area contributed by atoms with Crippen LogP contribution in [-0.2, 0) is 19.1 Å². The third-order valence-corrected chi connectivity index (χ3v) is 10.9. The molecule has 0 spiro atoms. The molecule has 2 aromatic rings. The molecule has 1 aromatic heterocycles. The van der Waals surface area contributed by atoms with Gasteiger partial charge in [0.15, 0.2) is 15.5 Å². The summed E-state index contributed by atoms with van der Waals surface area (Å²) < 4.78 is 11.1. The summed E-state index contributed by atoms with van der Waals surface area (Å²) in [5.74, 6) is -1.27. The number of rotatable bonds is 5. The van der Waals surface area contributed by atoms with Crippen molar-refractivity contribution in [3.8, 4) is 11.5 Å². The summed E-state index contributed by atoms with van der Waals surface area (Å²) in [4.78, 5) is 44.5. The van der Waals surface area contributed by atoms with Gasteiger partial charge in [-0.05, 0) is 61.0 Å². The Bertz CT molecular complexity index is 1300. The predicted octanol–water partition coefficient (Wildman–Crippen LogP) is 3.56. The number of esters is 1. The Morgan fingerprint density at radius 1 is 1.26 bits per heavy atom. The SMILES string of the molecule is CCOC(=O)CN1C(=O)C2C3CC(C2C1=O)C1C(c2ccc(O)c(OC)c2)c2sc(=S)[nH]c2SC31. The van der Waals surface area contributed by atoms with Crippen LogP contribution < -0.4 is 4.74 Å². The second kappa shape index (κ2) is 8.35. The van der Waals surface area contributed by atoms with E-state index in [1.54, 1.807) is 24.8 Å². The largest absolute Gasteiger partial charge is 0.504 e. The predicted molar refractivity (Wildman–Crippen MR) is 131 cm³/mol. The molecule has 35 heavy (non-hydrogen) atoms. The molecule has 184 valence electrons. The Hall–Kier alpha value is -2.37. The van der Waals surface area contributed by atoms with Crippen molar-refractivity contribution in [2.75, 3.05) is 20.3 Å². The Kier molecular flexibility index (Phi) is 5.50. The molecule has 6 rings (SSSR count). The van der Waals surface area contributed by atoms with Crippen molar-refractivity contribution in [2.45, 2.75) is 29.5 Å². The number of fused-ring (bicyclic) bond motifs is 9. The van der Waals surface area contributed by atoms with E-state index < -0.39 is 17.8 Å². The number of aromatic hydroxyl groups is 1. The van der Waals surface area contributed by atoms with Crippen molar-refractivity contribution in [2.24, 2.45) is 29.6 Å². The van der Waals surface area contributed by atoms with Crippen molar-refractivity contribution in [1.82, 2.24) is 9.88 Å². The summed E-state index contributed by atoms with van der Waals surface area (Å²) in [5.41, 5.74) is 0.991. The topological polar surface area (TPSA) is 109 Å². The van der Waals surface area contributed by atoms with Crippen LogP contribution in [0.2, 0.25) is 0 Å². The van der Waals surface area contributed by atoms with Crippen LogP contribution in [0.5, 0.6) is 11.5 Å². The molecule has 2 saturated carbocycles. The molecular weight excluding hydrogens is 508 g/mol. The van der Waals surface area contributed by atoms with Crippen LogP contribution >= 0.6 is 35.3 Å². The quantitative estimate of drug-likeness (QED) is 0.342. The maximum absolute atomic E-state index is 13.5. The van der Waals surface area contributed by atoms with E-state index in [2.05, 4.69) is 4.98 Å². The summed E-state index contributed by atoms with van der Waals surface area (Å²) in [6.45, 7) is 1.58. The van der Waals surface area contributed by atoms with Crippen LogP contribution in [0.25, 0.3) is 0 Å². The average Bonchev–Trinajstić information content (AvgIpc) is 3.55. The fourth-order valence-corrected chi connectivity index (χ4v) is 10.2. The first-order chi connectivity index (χ1) is 16.8. The lowest BCUT2D eigenvalue weighted by Gasteiger charge is -2.43. The summed E-state index contributed by atoms with van der Waals surface area (Å²) in [6, 6.07) is 5.40. The normalized spacial score (nSPS) is 32.4. The van der Waals surface area contributed by atoms with Crippen LogP contribution in [0.1, 0.15) is 29.7 Å². The van der Waals surface area contributed by atoms with Crippen LogP contribution in [0.4, 0.5) is 0 Å². The van der Waals surface area contributed by atoms with Gasteiger partial charge >= 0.3 is 5.97 Å². The fraction of sp³-hybridized carbons (Fsp3) is 0.500. The number of thioether (sulfide) groups is 1. The molecule has 4 aliphatic rings. The van der Waals surface area contributed by atoms with Crippen molar-refractivity contribution >= 4 is 53.1 Å². The lowest BCUT2D eigenvalue weighted by Crippen LogP contribution is -2.42. The van der Waals surface area contributed by atoms with E-state index in [0.29, 0.717) is 9.70 Å². The number of amides is 2. The van der Waals surface area contributed by atoms with Gasteiger partial charge in [-0.1, -0.05) is 6.07 Å². The number of imide groups is 1. The van der Waals surface area contributed by atoms with Gasteiger partial charge in [0, 0.05) is 16.0 Å². The van der Waals surface area contributed by atoms with Crippen LogP contribution in [0.3, 0.4) is 0 Å². The minimum atomic E-state index is -0.558. The zero-order valence-electron chi connectivity index (χ0n) is 19.1. The molecule has 8 nitrogen and oxygen atoms in total. The Labute approximate surface area is 215 Å². The van der Waals surface area contributed by atoms with Crippen LogP contribution in [0, 0.1) is 33.5 Å². The Morgan fingerprint density at radius 3 is 2.71 bits per heavy atom. The third-order valence-electron chi connectivity index (χ3n) is 7.97. The number of nitrogens with zero attached hydrogens (tertiary/aromatic N) is 1. The van der Waals surface area contributed by atoms with Crippen molar-refractivity contribution < 1.29 is 29.0 Å². The molecule has 3 heterocycles. The van der Waals surface area contributed by atoms with Gasteiger partial charge in [-0.2, -0.15) is 0 Å². The van der Waals surface area contributed by atoms with E-state index in [9.17, 15) is 19.5 Å². The molecule has 2 aliphatic heterocycles. The highest BCUT2D eigenvalue weighted by atomic mass is 32.2. The van der Waals surface area contributed by atoms with Gasteiger partial charge in [0.1, 0.15) is 6.54 Å². The fourth-order valence-electron chi connectivity index (χ4n) is 6.83. The summed E-state index contributed by atoms with van der Waals surface area (Å²) >= 11 is 8.75. The second-order valence-corrected chi connectivity index (χ2v) is 12.4. The van der Waals surface area contributed by atoms with Crippen LogP contribution in [-0.4, -0.2) is 58.3 Å². The number of hydrogen-bond donors (Lipinski definition) is 2. The number of thiazole rings is 1.